The maximum atomic E-state index is 13.1. The van der Waals surface area contributed by atoms with Crippen molar-refractivity contribution in [3.05, 3.63) is 53.3 Å². The number of hydrogen-bond acceptors (Lipinski definition) is 3. The average molecular weight is 387 g/mol. The van der Waals surface area contributed by atoms with E-state index in [0.717, 1.165) is 62.0 Å². The quantitative estimate of drug-likeness (QED) is 0.808. The lowest BCUT2D eigenvalue weighted by molar-refractivity contribution is -0.130. The Hall–Kier alpha value is -2.08. The van der Waals surface area contributed by atoms with E-state index < -0.39 is 10.0 Å². The maximum Gasteiger partial charge on any atom is 0.267 e. The van der Waals surface area contributed by atoms with Crippen molar-refractivity contribution >= 4 is 15.9 Å². The molecule has 6 heteroatoms. The van der Waals surface area contributed by atoms with Gasteiger partial charge in [-0.2, -0.15) is 0 Å². The van der Waals surface area contributed by atoms with Gasteiger partial charge >= 0.3 is 0 Å². The molecule has 0 saturated carbocycles. The molecule has 1 aromatic heterocycles. The molecule has 0 bridgehead atoms. The third-order valence-corrected chi connectivity index (χ3v) is 7.58. The molecule has 2 aromatic rings. The summed E-state index contributed by atoms with van der Waals surface area (Å²) in [7, 11) is -3.60. The summed E-state index contributed by atoms with van der Waals surface area (Å²) in [4.78, 5) is 14.8. The topological polar surface area (TPSA) is 59.4 Å². The normalized spacial score (nSPS) is 19.9. The van der Waals surface area contributed by atoms with Gasteiger partial charge in [-0.3, -0.25) is 4.79 Å². The number of amides is 1. The van der Waals surface area contributed by atoms with E-state index in [1.807, 2.05) is 30.0 Å². The number of benzene rings is 1. The van der Waals surface area contributed by atoms with Crippen LogP contribution in [0.15, 0.2) is 41.4 Å². The Balaban J connectivity index is 1.62. The van der Waals surface area contributed by atoms with Gasteiger partial charge in [0.1, 0.15) is 0 Å². The fourth-order valence-electron chi connectivity index (χ4n) is 4.33. The van der Waals surface area contributed by atoms with Crippen LogP contribution in [-0.4, -0.2) is 36.3 Å². The second kappa shape index (κ2) is 7.15. The Kier molecular flexibility index (Phi) is 4.84. The fourth-order valence-corrected chi connectivity index (χ4v) is 5.74. The van der Waals surface area contributed by atoms with Gasteiger partial charge in [0.2, 0.25) is 5.91 Å². The molecule has 1 aliphatic carbocycles. The summed E-state index contributed by atoms with van der Waals surface area (Å²) >= 11 is 0. The Morgan fingerprint density at radius 1 is 1.07 bits per heavy atom. The minimum absolute atomic E-state index is 0.122. The summed E-state index contributed by atoms with van der Waals surface area (Å²) in [5.41, 5.74) is 2.91. The van der Waals surface area contributed by atoms with Crippen molar-refractivity contribution in [2.75, 3.05) is 13.1 Å². The van der Waals surface area contributed by atoms with Gasteiger partial charge in [0, 0.05) is 31.4 Å². The SMILES string of the molecule is Cc1ccc(S(=O)(=O)n2ccc3c2CCCC3CC(=O)N2CCCC2)cc1. The van der Waals surface area contributed by atoms with Crippen LogP contribution in [0.1, 0.15) is 54.8 Å². The van der Waals surface area contributed by atoms with Crippen LogP contribution >= 0.6 is 0 Å². The smallest absolute Gasteiger partial charge is 0.267 e. The first kappa shape index (κ1) is 18.3. The lowest BCUT2D eigenvalue weighted by Gasteiger charge is -2.25. The van der Waals surface area contributed by atoms with Gasteiger partial charge < -0.3 is 4.90 Å². The number of hydrogen-bond donors (Lipinski definition) is 0. The summed E-state index contributed by atoms with van der Waals surface area (Å²) < 4.78 is 27.6. The molecule has 5 nitrogen and oxygen atoms in total. The van der Waals surface area contributed by atoms with Gasteiger partial charge in [-0.05, 0) is 68.7 Å². The Bertz CT molecular complexity index is 938. The Labute approximate surface area is 161 Å². The van der Waals surface area contributed by atoms with E-state index in [2.05, 4.69) is 0 Å². The molecule has 2 heterocycles. The van der Waals surface area contributed by atoms with Crippen molar-refractivity contribution in [3.8, 4) is 0 Å². The van der Waals surface area contributed by atoms with Crippen molar-refractivity contribution in [2.45, 2.75) is 56.3 Å². The van der Waals surface area contributed by atoms with E-state index in [-0.39, 0.29) is 11.8 Å². The van der Waals surface area contributed by atoms with Crippen molar-refractivity contribution in [2.24, 2.45) is 0 Å². The first-order valence-electron chi connectivity index (χ1n) is 9.77. The number of carbonyl (C=O) groups is 1. The van der Waals surface area contributed by atoms with E-state index in [0.29, 0.717) is 11.3 Å². The number of rotatable bonds is 4. The Morgan fingerprint density at radius 3 is 2.48 bits per heavy atom. The molecule has 0 N–H and O–H groups in total. The van der Waals surface area contributed by atoms with E-state index in [1.165, 1.54) is 3.97 Å². The summed E-state index contributed by atoms with van der Waals surface area (Å²) in [6, 6.07) is 8.87. The highest BCUT2D eigenvalue weighted by Gasteiger charge is 2.30. The minimum atomic E-state index is -3.60. The lowest BCUT2D eigenvalue weighted by Crippen LogP contribution is -2.29. The van der Waals surface area contributed by atoms with E-state index in [4.69, 9.17) is 0 Å². The molecular weight excluding hydrogens is 360 g/mol. The molecule has 1 atom stereocenters. The monoisotopic (exact) mass is 386 g/mol. The third kappa shape index (κ3) is 3.43. The van der Waals surface area contributed by atoms with E-state index >= 15 is 0 Å². The van der Waals surface area contributed by atoms with Crippen molar-refractivity contribution < 1.29 is 13.2 Å². The highest BCUT2D eigenvalue weighted by molar-refractivity contribution is 7.90. The van der Waals surface area contributed by atoms with Crippen molar-refractivity contribution in [3.63, 3.8) is 0 Å². The van der Waals surface area contributed by atoms with E-state index in [1.54, 1.807) is 18.3 Å². The van der Waals surface area contributed by atoms with Gasteiger partial charge in [-0.1, -0.05) is 17.7 Å². The predicted octanol–water partition coefficient (Wildman–Crippen LogP) is 3.47. The zero-order valence-electron chi connectivity index (χ0n) is 15.7. The number of carbonyl (C=O) groups excluding carboxylic acids is 1. The fraction of sp³-hybridized carbons (Fsp3) is 0.476. The second-order valence-electron chi connectivity index (χ2n) is 7.71. The van der Waals surface area contributed by atoms with Crippen molar-refractivity contribution in [1.82, 2.24) is 8.87 Å². The summed E-state index contributed by atoms with van der Waals surface area (Å²) in [6.07, 6.45) is 6.93. The highest BCUT2D eigenvalue weighted by Crippen LogP contribution is 2.36. The molecule has 1 fully saturated rings. The van der Waals surface area contributed by atoms with Crippen LogP contribution in [0.5, 0.6) is 0 Å². The minimum Gasteiger partial charge on any atom is -0.343 e. The summed E-state index contributed by atoms with van der Waals surface area (Å²) in [6.45, 7) is 3.67. The predicted molar refractivity (Wildman–Crippen MR) is 104 cm³/mol. The summed E-state index contributed by atoms with van der Waals surface area (Å²) in [5, 5.41) is 0. The van der Waals surface area contributed by atoms with Crippen LogP contribution in [0.4, 0.5) is 0 Å². The number of aromatic nitrogens is 1. The van der Waals surface area contributed by atoms with Crippen LogP contribution < -0.4 is 0 Å². The largest absolute Gasteiger partial charge is 0.343 e. The molecule has 2 aliphatic rings. The molecule has 0 radical (unpaired) electrons. The molecule has 144 valence electrons. The molecular formula is C21H26N2O3S. The average Bonchev–Trinajstić information content (AvgIpc) is 3.33. The van der Waals surface area contributed by atoms with Crippen molar-refractivity contribution in [1.29, 1.82) is 0 Å². The Morgan fingerprint density at radius 2 is 1.78 bits per heavy atom. The highest BCUT2D eigenvalue weighted by atomic mass is 32.2. The molecule has 1 aromatic carbocycles. The molecule has 1 unspecified atom stereocenters. The van der Waals surface area contributed by atoms with Crippen LogP contribution in [-0.2, 0) is 21.2 Å². The number of likely N-dealkylation sites (tertiary alicyclic amines) is 1. The van der Waals surface area contributed by atoms with Gasteiger partial charge in [0.25, 0.3) is 10.0 Å². The molecule has 1 aliphatic heterocycles. The first-order chi connectivity index (χ1) is 13.0. The zero-order chi connectivity index (χ0) is 19.0. The molecule has 27 heavy (non-hydrogen) atoms. The van der Waals surface area contributed by atoms with E-state index in [9.17, 15) is 13.2 Å². The van der Waals surface area contributed by atoms with Crippen LogP contribution in [0.25, 0.3) is 0 Å². The standard InChI is InChI=1S/C21H26N2O3S/c1-16-7-9-18(10-8-16)27(25,26)23-14-11-19-17(5-4-6-20(19)23)15-21(24)22-12-2-3-13-22/h7-11,14,17H,2-6,12-13,15H2,1H3. The lowest BCUT2D eigenvalue weighted by atomic mass is 9.84. The first-order valence-corrected chi connectivity index (χ1v) is 11.2. The molecule has 4 rings (SSSR count). The molecule has 1 saturated heterocycles. The summed E-state index contributed by atoms with van der Waals surface area (Å²) in [5.74, 6) is 0.329. The van der Waals surface area contributed by atoms with Gasteiger partial charge in [-0.15, -0.1) is 0 Å². The zero-order valence-corrected chi connectivity index (χ0v) is 16.5. The number of aryl methyl sites for hydroxylation is 1. The second-order valence-corrected chi connectivity index (χ2v) is 9.53. The molecule has 0 spiro atoms. The third-order valence-electron chi connectivity index (χ3n) is 5.85. The molecule has 1 amide bonds. The van der Waals surface area contributed by atoms with Crippen LogP contribution in [0.3, 0.4) is 0 Å². The van der Waals surface area contributed by atoms with Crippen LogP contribution in [0.2, 0.25) is 0 Å². The van der Waals surface area contributed by atoms with Crippen LogP contribution in [0, 0.1) is 6.92 Å². The van der Waals surface area contributed by atoms with Gasteiger partial charge in [0.15, 0.2) is 0 Å². The number of nitrogens with zero attached hydrogens (tertiary/aromatic N) is 2. The number of fused-ring (bicyclic) bond motifs is 1. The van der Waals surface area contributed by atoms with Gasteiger partial charge in [-0.25, -0.2) is 12.4 Å². The maximum absolute atomic E-state index is 13.1. The van der Waals surface area contributed by atoms with Gasteiger partial charge in [0.05, 0.1) is 4.90 Å².